The molecule has 0 amide bonds. The minimum Gasteiger partial charge on any atom is -0.478 e. The minimum absolute atomic E-state index is 0.288. The maximum absolute atomic E-state index is 12.1. The molecule has 1 aromatic carbocycles. The number of hydrogen-bond donors (Lipinski definition) is 1. The number of hydrogen-bond acceptors (Lipinski definition) is 5. The second-order valence-corrected chi connectivity index (χ2v) is 8.38. The van der Waals surface area contributed by atoms with Gasteiger partial charge in [-0.3, -0.25) is 4.90 Å². The van der Waals surface area contributed by atoms with Crippen LogP contribution in [0, 0.1) is 6.92 Å². The summed E-state index contributed by atoms with van der Waals surface area (Å²) in [6, 6.07) is 15.8. The van der Waals surface area contributed by atoms with Gasteiger partial charge < -0.3 is 10.0 Å². The highest BCUT2D eigenvalue weighted by Gasteiger charge is 2.25. The zero-order chi connectivity index (χ0) is 19.5. The fourth-order valence-electron chi connectivity index (χ4n) is 3.67. The van der Waals surface area contributed by atoms with Crippen LogP contribution in [-0.4, -0.2) is 47.1 Å². The number of pyridine rings is 1. The van der Waals surface area contributed by atoms with E-state index in [0.717, 1.165) is 43.9 Å². The van der Waals surface area contributed by atoms with Crippen LogP contribution in [0.3, 0.4) is 0 Å². The number of nitrogens with zero attached hydrogens (tertiary/aromatic N) is 3. The molecule has 2 aromatic heterocycles. The van der Waals surface area contributed by atoms with E-state index in [0.29, 0.717) is 5.82 Å². The molecule has 0 spiro atoms. The molecule has 1 aliphatic heterocycles. The predicted octanol–water partition coefficient (Wildman–Crippen LogP) is 4.14. The molecule has 28 heavy (non-hydrogen) atoms. The molecule has 1 fully saturated rings. The molecule has 1 N–H and O–H groups in total. The van der Waals surface area contributed by atoms with E-state index in [4.69, 9.17) is 0 Å². The Labute approximate surface area is 168 Å². The van der Waals surface area contributed by atoms with Gasteiger partial charge in [0.25, 0.3) is 0 Å². The van der Waals surface area contributed by atoms with Crippen LogP contribution in [0.2, 0.25) is 0 Å². The Bertz CT molecular complexity index is 963. The van der Waals surface area contributed by atoms with E-state index in [1.165, 1.54) is 9.75 Å². The van der Waals surface area contributed by atoms with E-state index in [9.17, 15) is 9.90 Å². The first-order valence-electron chi connectivity index (χ1n) is 9.42. The van der Waals surface area contributed by atoms with Crippen LogP contribution in [0.4, 0.5) is 5.82 Å². The van der Waals surface area contributed by atoms with E-state index in [1.54, 1.807) is 12.3 Å². The topological polar surface area (TPSA) is 56.7 Å². The van der Waals surface area contributed by atoms with Crippen LogP contribution in [0.5, 0.6) is 0 Å². The highest BCUT2D eigenvalue weighted by atomic mass is 32.1. The first-order valence-corrected chi connectivity index (χ1v) is 10.2. The Morgan fingerprint density at radius 1 is 1.07 bits per heavy atom. The van der Waals surface area contributed by atoms with Gasteiger partial charge in [0.1, 0.15) is 11.4 Å². The van der Waals surface area contributed by atoms with Crippen LogP contribution in [0.25, 0.3) is 11.1 Å². The van der Waals surface area contributed by atoms with Gasteiger partial charge in [0.2, 0.25) is 0 Å². The second kappa shape index (κ2) is 8.12. The van der Waals surface area contributed by atoms with Crippen LogP contribution >= 0.6 is 11.3 Å². The summed E-state index contributed by atoms with van der Waals surface area (Å²) < 4.78 is 0. The summed E-state index contributed by atoms with van der Waals surface area (Å²) >= 11 is 1.84. The summed E-state index contributed by atoms with van der Waals surface area (Å²) in [5, 5.41) is 9.91. The summed E-state index contributed by atoms with van der Waals surface area (Å²) in [6.07, 6.45) is 1.71. The van der Waals surface area contributed by atoms with E-state index in [2.05, 4.69) is 33.8 Å². The third-order valence-corrected chi connectivity index (χ3v) is 6.06. The molecule has 0 aliphatic carbocycles. The molecule has 0 saturated carbocycles. The number of thiophene rings is 1. The van der Waals surface area contributed by atoms with Crippen molar-refractivity contribution in [1.29, 1.82) is 0 Å². The van der Waals surface area contributed by atoms with Gasteiger partial charge in [0.15, 0.2) is 0 Å². The summed E-state index contributed by atoms with van der Waals surface area (Å²) in [6.45, 7) is 6.42. The Balaban J connectivity index is 1.54. The quantitative estimate of drug-likeness (QED) is 0.706. The smallest absolute Gasteiger partial charge is 0.340 e. The van der Waals surface area contributed by atoms with Crippen LogP contribution in [-0.2, 0) is 6.54 Å². The monoisotopic (exact) mass is 393 g/mol. The van der Waals surface area contributed by atoms with Crippen LogP contribution < -0.4 is 4.90 Å². The lowest BCUT2D eigenvalue weighted by Crippen LogP contribution is -2.46. The molecule has 1 aliphatic rings. The lowest BCUT2D eigenvalue weighted by atomic mass is 10.0. The Kier molecular flexibility index (Phi) is 5.41. The van der Waals surface area contributed by atoms with Gasteiger partial charge in [-0.15, -0.1) is 11.3 Å². The van der Waals surface area contributed by atoms with Crippen LogP contribution in [0.1, 0.15) is 20.1 Å². The van der Waals surface area contributed by atoms with Crippen molar-refractivity contribution in [2.45, 2.75) is 13.5 Å². The fraction of sp³-hybridized carbons (Fsp3) is 0.273. The number of aromatic nitrogens is 1. The van der Waals surface area contributed by atoms with Crippen molar-refractivity contribution in [3.05, 3.63) is 70.0 Å². The first-order chi connectivity index (χ1) is 13.6. The Morgan fingerprint density at radius 3 is 2.46 bits per heavy atom. The molecule has 0 radical (unpaired) electrons. The van der Waals surface area contributed by atoms with Gasteiger partial charge in [-0.25, -0.2) is 9.78 Å². The maximum Gasteiger partial charge on any atom is 0.340 e. The SMILES string of the molecule is Cc1ccc(CN2CCN(c3nccc(-c4ccccc4)c3C(=O)O)CC2)s1. The van der Waals surface area contributed by atoms with E-state index in [-0.39, 0.29) is 5.56 Å². The predicted molar refractivity (Wildman–Crippen MR) is 113 cm³/mol. The van der Waals surface area contributed by atoms with E-state index < -0.39 is 5.97 Å². The molecule has 3 heterocycles. The summed E-state index contributed by atoms with van der Waals surface area (Å²) in [7, 11) is 0. The standard InChI is InChI=1S/C22H23N3O2S/c1-16-7-8-18(28-16)15-24-11-13-25(14-12-24)21-20(22(26)27)19(9-10-23-21)17-5-3-2-4-6-17/h2-10H,11-15H2,1H3,(H,26,27). The minimum atomic E-state index is -0.932. The summed E-state index contributed by atoms with van der Waals surface area (Å²) in [5.74, 6) is -0.362. The zero-order valence-electron chi connectivity index (χ0n) is 15.8. The highest BCUT2D eigenvalue weighted by Crippen LogP contribution is 2.30. The van der Waals surface area contributed by atoms with Gasteiger partial charge in [-0.1, -0.05) is 30.3 Å². The first kappa shape index (κ1) is 18.7. The number of carboxylic acids is 1. The van der Waals surface area contributed by atoms with Crippen molar-refractivity contribution >= 4 is 23.1 Å². The molecule has 0 unspecified atom stereocenters. The lowest BCUT2D eigenvalue weighted by Gasteiger charge is -2.36. The molecular weight excluding hydrogens is 370 g/mol. The average molecular weight is 394 g/mol. The summed E-state index contributed by atoms with van der Waals surface area (Å²) in [4.78, 5) is 23.8. The van der Waals surface area contributed by atoms with Gasteiger partial charge in [0, 0.05) is 54.2 Å². The average Bonchev–Trinajstić information content (AvgIpc) is 3.13. The van der Waals surface area contributed by atoms with Gasteiger partial charge in [-0.2, -0.15) is 0 Å². The number of rotatable bonds is 5. The third-order valence-electron chi connectivity index (χ3n) is 5.08. The van der Waals surface area contributed by atoms with E-state index >= 15 is 0 Å². The van der Waals surface area contributed by atoms with Crippen molar-refractivity contribution in [3.63, 3.8) is 0 Å². The van der Waals surface area contributed by atoms with Crippen molar-refractivity contribution in [1.82, 2.24) is 9.88 Å². The van der Waals surface area contributed by atoms with Gasteiger partial charge in [-0.05, 0) is 30.7 Å². The molecule has 1 saturated heterocycles. The Hall–Kier alpha value is -2.70. The zero-order valence-corrected chi connectivity index (χ0v) is 16.7. The maximum atomic E-state index is 12.1. The molecule has 0 bridgehead atoms. The summed E-state index contributed by atoms with van der Waals surface area (Å²) in [5.41, 5.74) is 1.90. The molecule has 3 aromatic rings. The molecule has 144 valence electrons. The normalized spacial score (nSPS) is 15.0. The number of piperazine rings is 1. The van der Waals surface area contributed by atoms with E-state index in [1.807, 2.05) is 41.7 Å². The van der Waals surface area contributed by atoms with Crippen molar-refractivity contribution in [2.24, 2.45) is 0 Å². The Morgan fingerprint density at radius 2 is 1.82 bits per heavy atom. The number of aromatic carboxylic acids is 1. The molecule has 5 nitrogen and oxygen atoms in total. The van der Waals surface area contributed by atoms with Crippen molar-refractivity contribution in [3.8, 4) is 11.1 Å². The number of aryl methyl sites for hydroxylation is 1. The second-order valence-electron chi connectivity index (χ2n) is 7.00. The largest absolute Gasteiger partial charge is 0.478 e. The van der Waals surface area contributed by atoms with Crippen LogP contribution in [0.15, 0.2) is 54.7 Å². The molecule has 0 atom stereocenters. The van der Waals surface area contributed by atoms with Gasteiger partial charge >= 0.3 is 5.97 Å². The number of carbonyl (C=O) groups is 1. The highest BCUT2D eigenvalue weighted by molar-refractivity contribution is 7.11. The third kappa shape index (κ3) is 3.93. The van der Waals surface area contributed by atoms with Crippen molar-refractivity contribution < 1.29 is 9.90 Å². The molecular formula is C22H23N3O2S. The molecule has 6 heteroatoms. The van der Waals surface area contributed by atoms with Crippen molar-refractivity contribution in [2.75, 3.05) is 31.1 Å². The molecule has 4 rings (SSSR count). The lowest BCUT2D eigenvalue weighted by molar-refractivity contribution is 0.0697. The van der Waals surface area contributed by atoms with Gasteiger partial charge in [0.05, 0.1) is 0 Å². The number of benzene rings is 1. The number of carboxylic acid groups (broad SMARTS) is 1. The fourth-order valence-corrected chi connectivity index (χ4v) is 4.60. The number of anilines is 1.